The molecule has 0 aliphatic rings. The lowest BCUT2D eigenvalue weighted by molar-refractivity contribution is 0.103. The summed E-state index contributed by atoms with van der Waals surface area (Å²) in [5.41, 5.74) is 3.14. The van der Waals surface area contributed by atoms with Gasteiger partial charge in [0.1, 0.15) is 5.76 Å². The van der Waals surface area contributed by atoms with Crippen molar-refractivity contribution in [2.24, 2.45) is 0 Å². The third kappa shape index (κ3) is 3.41. The number of ketones is 1. The Morgan fingerprint density at radius 3 is 2.33 bits per heavy atom. The molecule has 0 saturated carbocycles. The van der Waals surface area contributed by atoms with Crippen LogP contribution in [0.2, 0.25) is 0 Å². The number of ether oxygens (including phenoxy) is 3. The minimum absolute atomic E-state index is 0.202. The van der Waals surface area contributed by atoms with E-state index in [0.717, 1.165) is 16.8 Å². The molecule has 2 heterocycles. The zero-order valence-electron chi connectivity index (χ0n) is 16.8. The van der Waals surface area contributed by atoms with E-state index in [1.54, 1.807) is 43.1 Å². The Balaban J connectivity index is 1.88. The van der Waals surface area contributed by atoms with Gasteiger partial charge in [-0.05, 0) is 30.3 Å². The standard InChI is InChI=1S/C23H20N2O5/c1-27-20-10-15(11-21(28-2)23(20)29-3)22(26)17-9-14(19-5-4-8-30-19)6-7-16(17)18-12-24-13-25-18/h4-13H,1-3H3,(H,24,25). The van der Waals surface area contributed by atoms with Crippen LogP contribution >= 0.6 is 0 Å². The van der Waals surface area contributed by atoms with Crippen molar-refractivity contribution in [3.05, 3.63) is 72.4 Å². The fourth-order valence-electron chi connectivity index (χ4n) is 3.33. The first-order valence-electron chi connectivity index (χ1n) is 9.17. The van der Waals surface area contributed by atoms with Gasteiger partial charge >= 0.3 is 0 Å². The number of hydrogen-bond acceptors (Lipinski definition) is 6. The van der Waals surface area contributed by atoms with Crippen LogP contribution in [0.4, 0.5) is 0 Å². The number of imidazole rings is 1. The van der Waals surface area contributed by atoms with Crippen molar-refractivity contribution in [1.29, 1.82) is 0 Å². The van der Waals surface area contributed by atoms with Gasteiger partial charge in [-0.1, -0.05) is 12.1 Å². The van der Waals surface area contributed by atoms with E-state index in [2.05, 4.69) is 9.97 Å². The lowest BCUT2D eigenvalue weighted by Gasteiger charge is -2.15. The zero-order valence-corrected chi connectivity index (χ0v) is 16.8. The highest BCUT2D eigenvalue weighted by atomic mass is 16.5. The number of carbonyl (C=O) groups is 1. The van der Waals surface area contributed by atoms with Crippen molar-refractivity contribution >= 4 is 5.78 Å². The van der Waals surface area contributed by atoms with Crippen LogP contribution in [0, 0.1) is 0 Å². The van der Waals surface area contributed by atoms with E-state index in [0.29, 0.717) is 34.1 Å². The summed E-state index contributed by atoms with van der Waals surface area (Å²) < 4.78 is 21.7. The lowest BCUT2D eigenvalue weighted by atomic mass is 9.94. The minimum atomic E-state index is -0.202. The Kier molecular flexibility index (Phi) is 5.26. The van der Waals surface area contributed by atoms with E-state index < -0.39 is 0 Å². The molecule has 1 N–H and O–H groups in total. The molecule has 30 heavy (non-hydrogen) atoms. The van der Waals surface area contributed by atoms with Gasteiger partial charge in [0, 0.05) is 22.3 Å². The highest BCUT2D eigenvalue weighted by Gasteiger charge is 2.22. The monoisotopic (exact) mass is 404 g/mol. The maximum atomic E-state index is 13.6. The van der Waals surface area contributed by atoms with Gasteiger partial charge in [-0.15, -0.1) is 0 Å². The van der Waals surface area contributed by atoms with Gasteiger partial charge in [-0.3, -0.25) is 4.79 Å². The number of benzene rings is 2. The second-order valence-corrected chi connectivity index (χ2v) is 6.45. The van der Waals surface area contributed by atoms with E-state index in [1.165, 1.54) is 21.3 Å². The summed E-state index contributed by atoms with van der Waals surface area (Å²) in [6.45, 7) is 0. The molecule has 0 amide bonds. The van der Waals surface area contributed by atoms with Gasteiger partial charge in [-0.25, -0.2) is 4.98 Å². The number of aromatic nitrogens is 2. The van der Waals surface area contributed by atoms with Crippen LogP contribution in [-0.2, 0) is 0 Å². The predicted octanol–water partition coefficient (Wildman–Crippen LogP) is 4.59. The van der Waals surface area contributed by atoms with E-state index in [1.807, 2.05) is 18.2 Å². The quantitative estimate of drug-likeness (QED) is 0.453. The fraction of sp³-hybridized carbons (Fsp3) is 0.130. The Morgan fingerprint density at radius 2 is 1.77 bits per heavy atom. The molecule has 0 saturated heterocycles. The van der Waals surface area contributed by atoms with Crippen LogP contribution in [0.1, 0.15) is 15.9 Å². The topological polar surface area (TPSA) is 86.6 Å². The average Bonchev–Trinajstić information content (AvgIpc) is 3.51. The minimum Gasteiger partial charge on any atom is -0.493 e. The molecule has 7 nitrogen and oxygen atoms in total. The van der Waals surface area contributed by atoms with E-state index in [9.17, 15) is 4.79 Å². The number of nitrogens with one attached hydrogen (secondary N) is 1. The molecule has 0 bridgehead atoms. The highest BCUT2D eigenvalue weighted by Crippen LogP contribution is 2.39. The number of methoxy groups -OCH3 is 3. The summed E-state index contributed by atoms with van der Waals surface area (Å²) in [4.78, 5) is 20.7. The van der Waals surface area contributed by atoms with Gasteiger partial charge < -0.3 is 23.6 Å². The van der Waals surface area contributed by atoms with Crippen molar-refractivity contribution in [2.45, 2.75) is 0 Å². The number of nitrogens with zero attached hydrogens (tertiary/aromatic N) is 1. The Morgan fingerprint density at radius 1 is 1.00 bits per heavy atom. The molecule has 2 aromatic carbocycles. The lowest BCUT2D eigenvalue weighted by Crippen LogP contribution is -2.06. The van der Waals surface area contributed by atoms with E-state index in [4.69, 9.17) is 18.6 Å². The molecule has 0 atom stereocenters. The molecule has 0 radical (unpaired) electrons. The molecule has 2 aromatic heterocycles. The number of H-pyrrole nitrogens is 1. The first-order chi connectivity index (χ1) is 14.7. The number of aromatic amines is 1. The van der Waals surface area contributed by atoms with Gasteiger partial charge in [0.25, 0.3) is 0 Å². The highest BCUT2D eigenvalue weighted by molar-refractivity contribution is 6.13. The van der Waals surface area contributed by atoms with Crippen molar-refractivity contribution in [1.82, 2.24) is 9.97 Å². The second-order valence-electron chi connectivity index (χ2n) is 6.45. The Labute approximate surface area is 173 Å². The van der Waals surface area contributed by atoms with Crippen molar-refractivity contribution in [3.63, 3.8) is 0 Å². The largest absolute Gasteiger partial charge is 0.493 e. The zero-order chi connectivity index (χ0) is 21.1. The summed E-state index contributed by atoms with van der Waals surface area (Å²) in [6.07, 6.45) is 4.84. The van der Waals surface area contributed by atoms with Crippen LogP contribution < -0.4 is 14.2 Å². The molecule has 7 heteroatoms. The van der Waals surface area contributed by atoms with Gasteiger partial charge in [0.2, 0.25) is 5.75 Å². The summed E-state index contributed by atoms with van der Waals surface area (Å²) >= 11 is 0. The summed E-state index contributed by atoms with van der Waals surface area (Å²) in [7, 11) is 4.54. The molecule has 0 aliphatic heterocycles. The third-order valence-corrected chi connectivity index (χ3v) is 4.79. The van der Waals surface area contributed by atoms with Crippen LogP contribution in [0.15, 0.2) is 65.7 Å². The molecular weight excluding hydrogens is 384 g/mol. The van der Waals surface area contributed by atoms with E-state index >= 15 is 0 Å². The van der Waals surface area contributed by atoms with Crippen LogP contribution in [-0.4, -0.2) is 37.1 Å². The molecule has 0 fully saturated rings. The van der Waals surface area contributed by atoms with Gasteiger partial charge in [0.05, 0.1) is 45.8 Å². The summed E-state index contributed by atoms with van der Waals surface area (Å²) in [5, 5.41) is 0. The smallest absolute Gasteiger partial charge is 0.203 e. The van der Waals surface area contributed by atoms with Crippen molar-refractivity contribution in [3.8, 4) is 39.8 Å². The average molecular weight is 404 g/mol. The van der Waals surface area contributed by atoms with Crippen LogP contribution in [0.25, 0.3) is 22.6 Å². The van der Waals surface area contributed by atoms with Gasteiger partial charge in [0.15, 0.2) is 17.3 Å². The molecule has 0 aliphatic carbocycles. The Bertz CT molecular complexity index is 1140. The van der Waals surface area contributed by atoms with Crippen LogP contribution in [0.5, 0.6) is 17.2 Å². The fourth-order valence-corrected chi connectivity index (χ4v) is 3.33. The predicted molar refractivity (Wildman–Crippen MR) is 111 cm³/mol. The van der Waals surface area contributed by atoms with Crippen molar-refractivity contribution < 1.29 is 23.4 Å². The molecule has 152 valence electrons. The summed E-state index contributed by atoms with van der Waals surface area (Å²) in [5.74, 6) is 1.71. The maximum Gasteiger partial charge on any atom is 0.203 e. The van der Waals surface area contributed by atoms with E-state index in [-0.39, 0.29) is 5.78 Å². The molecular formula is C23H20N2O5. The third-order valence-electron chi connectivity index (χ3n) is 4.79. The summed E-state index contributed by atoms with van der Waals surface area (Å²) in [6, 6.07) is 12.5. The van der Waals surface area contributed by atoms with Gasteiger partial charge in [-0.2, -0.15) is 0 Å². The molecule has 4 rings (SSSR count). The number of rotatable bonds is 7. The molecule has 0 spiro atoms. The maximum absolute atomic E-state index is 13.6. The second kappa shape index (κ2) is 8.16. The normalized spacial score (nSPS) is 10.6. The first-order valence-corrected chi connectivity index (χ1v) is 9.17. The molecule has 0 unspecified atom stereocenters. The Hall–Kier alpha value is -4.00. The first kappa shape index (κ1) is 19.3. The number of furan rings is 1. The SMILES string of the molecule is COc1cc(C(=O)c2cc(-c3ccco3)ccc2-c2cnc[nH]2)cc(OC)c1OC. The number of hydrogen-bond donors (Lipinski definition) is 1. The van der Waals surface area contributed by atoms with Crippen molar-refractivity contribution in [2.75, 3.05) is 21.3 Å². The van der Waals surface area contributed by atoms with Crippen LogP contribution in [0.3, 0.4) is 0 Å². The number of carbonyl (C=O) groups excluding carboxylic acids is 1. The molecule has 4 aromatic rings.